The van der Waals surface area contributed by atoms with Gasteiger partial charge in [-0.15, -0.1) is 0 Å². The minimum atomic E-state index is 1.05. The molecule has 1 aliphatic heterocycles. The topological polar surface area (TPSA) is 24.4 Å². The van der Waals surface area contributed by atoms with Crippen molar-refractivity contribution in [2.45, 2.75) is 77.0 Å². The number of hydrogen-bond acceptors (Lipinski definition) is 2. The van der Waals surface area contributed by atoms with Gasteiger partial charge >= 0.3 is 0 Å². The number of nitrogens with one attached hydrogen (secondary N) is 1. The van der Waals surface area contributed by atoms with E-state index in [-0.39, 0.29) is 0 Å². The summed E-state index contributed by atoms with van der Waals surface area (Å²) in [5, 5.41) is 4.67. The average molecular weight is 248 g/mol. The molecule has 0 saturated heterocycles. The van der Waals surface area contributed by atoms with E-state index in [2.05, 4.69) is 16.6 Å². The number of hydrogen-bond donors (Lipinski definition) is 1. The highest BCUT2D eigenvalue weighted by atomic mass is 15.3. The van der Waals surface area contributed by atoms with Crippen LogP contribution in [0.15, 0.2) is 16.8 Å². The van der Waals surface area contributed by atoms with Crippen LogP contribution in [0.5, 0.6) is 0 Å². The van der Waals surface area contributed by atoms with Crippen molar-refractivity contribution in [3.8, 4) is 0 Å². The molecule has 2 aliphatic rings. The molecule has 0 fully saturated rings. The van der Waals surface area contributed by atoms with Crippen LogP contribution in [-0.2, 0) is 0 Å². The summed E-state index contributed by atoms with van der Waals surface area (Å²) in [6, 6.07) is 0. The van der Waals surface area contributed by atoms with Gasteiger partial charge in [-0.2, -0.15) is 5.10 Å². The van der Waals surface area contributed by atoms with Gasteiger partial charge in [-0.05, 0) is 50.5 Å². The van der Waals surface area contributed by atoms with Gasteiger partial charge in [0.2, 0.25) is 0 Å². The molecular formula is C16H28N2. The number of hydrazone groups is 1. The quantitative estimate of drug-likeness (QED) is 0.722. The van der Waals surface area contributed by atoms with Crippen LogP contribution in [-0.4, -0.2) is 12.3 Å². The fourth-order valence-electron chi connectivity index (χ4n) is 2.92. The van der Waals surface area contributed by atoms with Crippen LogP contribution in [0.25, 0.3) is 0 Å². The molecule has 0 radical (unpaired) electrons. The standard InChI is InChI=1S/C16H28N2/c1-2-4-8-12-15(11-7-3-1)16-13-9-5-6-10-14-17-18-16/h11,17H,1-10,12-14H2. The van der Waals surface area contributed by atoms with Gasteiger partial charge in [0.15, 0.2) is 0 Å². The van der Waals surface area contributed by atoms with Gasteiger partial charge in [0.1, 0.15) is 0 Å². The fourth-order valence-corrected chi connectivity index (χ4v) is 2.92. The predicted octanol–water partition coefficient (Wildman–Crippen LogP) is 4.57. The summed E-state index contributed by atoms with van der Waals surface area (Å²) < 4.78 is 0. The summed E-state index contributed by atoms with van der Waals surface area (Å²) in [6.07, 6.45) is 18.4. The summed E-state index contributed by atoms with van der Waals surface area (Å²) in [4.78, 5) is 0. The normalized spacial score (nSPS) is 24.0. The van der Waals surface area contributed by atoms with Crippen molar-refractivity contribution >= 4 is 5.71 Å². The van der Waals surface area contributed by atoms with Crippen LogP contribution in [0.3, 0.4) is 0 Å². The van der Waals surface area contributed by atoms with Gasteiger partial charge in [-0.3, -0.25) is 0 Å². The smallest absolute Gasteiger partial charge is 0.0631 e. The molecule has 0 amide bonds. The Morgan fingerprint density at radius 1 is 0.778 bits per heavy atom. The Labute approximate surface area is 112 Å². The Kier molecular flexibility index (Phi) is 6.32. The van der Waals surface area contributed by atoms with Gasteiger partial charge in [0.25, 0.3) is 0 Å². The predicted molar refractivity (Wildman–Crippen MR) is 78.9 cm³/mol. The van der Waals surface area contributed by atoms with Crippen LogP contribution in [0.2, 0.25) is 0 Å². The molecule has 0 aromatic rings. The van der Waals surface area contributed by atoms with Crippen LogP contribution in [0.4, 0.5) is 0 Å². The van der Waals surface area contributed by atoms with Crippen molar-refractivity contribution < 1.29 is 0 Å². The Morgan fingerprint density at radius 2 is 1.50 bits per heavy atom. The van der Waals surface area contributed by atoms with Crippen molar-refractivity contribution in [2.24, 2.45) is 5.10 Å². The highest BCUT2D eigenvalue weighted by molar-refractivity contribution is 5.99. The monoisotopic (exact) mass is 248 g/mol. The van der Waals surface area contributed by atoms with Crippen molar-refractivity contribution in [3.63, 3.8) is 0 Å². The first-order valence-electron chi connectivity index (χ1n) is 7.95. The first-order chi connectivity index (χ1) is 8.97. The van der Waals surface area contributed by atoms with E-state index in [0.29, 0.717) is 0 Å². The lowest BCUT2D eigenvalue weighted by atomic mass is 9.98. The van der Waals surface area contributed by atoms with Crippen molar-refractivity contribution in [1.82, 2.24) is 5.43 Å². The first-order valence-corrected chi connectivity index (χ1v) is 7.95. The second-order valence-corrected chi connectivity index (χ2v) is 5.67. The van der Waals surface area contributed by atoms with Gasteiger partial charge in [-0.1, -0.05) is 38.2 Å². The summed E-state index contributed by atoms with van der Waals surface area (Å²) in [5.74, 6) is 0. The Balaban J connectivity index is 1.99. The molecule has 0 spiro atoms. The van der Waals surface area contributed by atoms with Gasteiger partial charge in [0, 0.05) is 6.54 Å². The minimum Gasteiger partial charge on any atom is -0.310 e. The van der Waals surface area contributed by atoms with Crippen LogP contribution in [0, 0.1) is 0 Å². The molecule has 1 N–H and O–H groups in total. The molecule has 102 valence electrons. The lowest BCUT2D eigenvalue weighted by Gasteiger charge is -2.10. The molecule has 1 aliphatic carbocycles. The molecule has 18 heavy (non-hydrogen) atoms. The molecule has 0 unspecified atom stereocenters. The fraction of sp³-hybridized carbons (Fsp3) is 0.812. The van der Waals surface area contributed by atoms with Crippen molar-refractivity contribution in [1.29, 1.82) is 0 Å². The maximum Gasteiger partial charge on any atom is 0.0631 e. The third-order valence-corrected chi connectivity index (χ3v) is 4.08. The van der Waals surface area contributed by atoms with Crippen LogP contribution in [0.1, 0.15) is 77.0 Å². The zero-order valence-electron chi connectivity index (χ0n) is 11.7. The largest absolute Gasteiger partial charge is 0.310 e. The third kappa shape index (κ3) is 4.83. The third-order valence-electron chi connectivity index (χ3n) is 4.08. The molecule has 1 heterocycles. The molecule has 2 heteroatoms. The summed E-state index contributed by atoms with van der Waals surface area (Å²) in [5.41, 5.74) is 6.18. The Morgan fingerprint density at radius 3 is 2.44 bits per heavy atom. The van der Waals surface area contributed by atoms with Crippen molar-refractivity contribution in [3.05, 3.63) is 11.6 Å². The van der Waals surface area contributed by atoms with Crippen LogP contribution >= 0.6 is 0 Å². The number of rotatable bonds is 1. The number of allylic oxidation sites excluding steroid dienone is 2. The minimum absolute atomic E-state index is 1.05. The maximum absolute atomic E-state index is 4.67. The maximum atomic E-state index is 4.67. The summed E-state index contributed by atoms with van der Waals surface area (Å²) >= 11 is 0. The van der Waals surface area contributed by atoms with E-state index < -0.39 is 0 Å². The highest BCUT2D eigenvalue weighted by Crippen LogP contribution is 2.20. The molecule has 0 atom stereocenters. The summed E-state index contributed by atoms with van der Waals surface area (Å²) in [7, 11) is 0. The first kappa shape index (κ1) is 13.6. The van der Waals surface area contributed by atoms with Crippen molar-refractivity contribution in [2.75, 3.05) is 6.54 Å². The van der Waals surface area contributed by atoms with Crippen LogP contribution < -0.4 is 5.43 Å². The average Bonchev–Trinajstić information content (AvgIpc) is 2.61. The second-order valence-electron chi connectivity index (χ2n) is 5.67. The molecule has 0 saturated carbocycles. The van der Waals surface area contributed by atoms with E-state index in [1.807, 2.05) is 0 Å². The molecule has 2 nitrogen and oxygen atoms in total. The Bertz CT molecular complexity index is 261. The van der Waals surface area contributed by atoms with Gasteiger partial charge < -0.3 is 5.43 Å². The number of nitrogens with zero attached hydrogens (tertiary/aromatic N) is 1. The SMILES string of the molecule is C1=C(C2=NNCCCCCC2)CCCCCCC1. The van der Waals surface area contributed by atoms with E-state index in [4.69, 9.17) is 0 Å². The zero-order chi connectivity index (χ0) is 12.5. The molecular weight excluding hydrogens is 220 g/mol. The van der Waals surface area contributed by atoms with E-state index in [0.717, 1.165) is 6.54 Å². The molecule has 0 aromatic carbocycles. The molecule has 0 bridgehead atoms. The molecule has 2 rings (SSSR count). The lowest BCUT2D eigenvalue weighted by molar-refractivity contribution is 0.623. The van der Waals surface area contributed by atoms with Gasteiger partial charge in [-0.25, -0.2) is 0 Å². The molecule has 0 aromatic heterocycles. The highest BCUT2D eigenvalue weighted by Gasteiger charge is 2.10. The second kappa shape index (κ2) is 8.34. The zero-order valence-corrected chi connectivity index (χ0v) is 11.7. The van der Waals surface area contributed by atoms with E-state index >= 15 is 0 Å². The van der Waals surface area contributed by atoms with Gasteiger partial charge in [0.05, 0.1) is 5.71 Å². The summed E-state index contributed by atoms with van der Waals surface area (Å²) in [6.45, 7) is 1.05. The van der Waals surface area contributed by atoms with E-state index in [1.165, 1.54) is 82.8 Å². The Hall–Kier alpha value is -0.790. The van der Waals surface area contributed by atoms with E-state index in [9.17, 15) is 0 Å². The van der Waals surface area contributed by atoms with E-state index in [1.54, 1.807) is 5.57 Å². The lowest BCUT2D eigenvalue weighted by Crippen LogP contribution is -2.12.